The van der Waals surface area contributed by atoms with E-state index in [9.17, 15) is 4.79 Å². The molecule has 1 fully saturated rings. The molecule has 4 rings (SSSR count). The minimum atomic E-state index is 0.0792. The molecular weight excluding hydrogens is 326 g/mol. The van der Waals surface area contributed by atoms with Crippen LogP contribution in [0, 0.1) is 6.92 Å². The monoisotopic (exact) mass is 351 g/mol. The van der Waals surface area contributed by atoms with E-state index in [1.165, 1.54) is 11.1 Å². The average Bonchev–Trinajstić information content (AvgIpc) is 2.77. The number of nitrogens with zero attached hydrogens (tertiary/aromatic N) is 1. The summed E-state index contributed by atoms with van der Waals surface area (Å²) in [5.74, 6) is 0.931. The number of hydrogen-bond acceptors (Lipinski definition) is 4. The standard InChI is InChI=1S/C21H25N3O2/c1-15-3-2-4-16(11-15)7-10-26-18-5-6-19-20(13-18)24-9-8-22-14-17(24)12-21(25)23-19/h2-6,11,13,17,22H,7-10,12,14H2,1H3,(H,23,25)/t17-/m0/s1. The largest absolute Gasteiger partial charge is 0.493 e. The summed E-state index contributed by atoms with van der Waals surface area (Å²) in [6.07, 6.45) is 1.40. The lowest BCUT2D eigenvalue weighted by Crippen LogP contribution is -2.51. The van der Waals surface area contributed by atoms with Gasteiger partial charge in [-0.05, 0) is 24.6 Å². The van der Waals surface area contributed by atoms with Gasteiger partial charge in [-0.25, -0.2) is 0 Å². The maximum Gasteiger partial charge on any atom is 0.226 e. The quantitative estimate of drug-likeness (QED) is 0.889. The summed E-state index contributed by atoms with van der Waals surface area (Å²) in [4.78, 5) is 14.5. The van der Waals surface area contributed by atoms with Crippen molar-refractivity contribution >= 4 is 17.3 Å². The predicted octanol–water partition coefficient (Wildman–Crippen LogP) is 2.74. The topological polar surface area (TPSA) is 53.6 Å². The van der Waals surface area contributed by atoms with Crippen LogP contribution in [0.15, 0.2) is 42.5 Å². The molecule has 2 heterocycles. The number of amides is 1. The molecule has 2 aromatic rings. The zero-order valence-electron chi connectivity index (χ0n) is 15.1. The predicted molar refractivity (Wildman–Crippen MR) is 104 cm³/mol. The highest BCUT2D eigenvalue weighted by Crippen LogP contribution is 2.35. The SMILES string of the molecule is Cc1cccc(CCOc2ccc3c(c2)N2CCNC[C@@H]2CC(=O)N3)c1. The van der Waals surface area contributed by atoms with Crippen LogP contribution in [0.4, 0.5) is 11.4 Å². The molecule has 1 amide bonds. The fraction of sp³-hybridized carbons (Fsp3) is 0.381. The Hall–Kier alpha value is -2.53. The molecule has 2 aliphatic heterocycles. The summed E-state index contributed by atoms with van der Waals surface area (Å²) in [6, 6.07) is 14.7. The minimum Gasteiger partial charge on any atom is -0.493 e. The first kappa shape index (κ1) is 16.9. The van der Waals surface area contributed by atoms with Gasteiger partial charge >= 0.3 is 0 Å². The van der Waals surface area contributed by atoms with E-state index in [-0.39, 0.29) is 11.9 Å². The Kier molecular flexibility index (Phi) is 4.80. The Morgan fingerprint density at radius 3 is 3.04 bits per heavy atom. The summed E-state index contributed by atoms with van der Waals surface area (Å²) < 4.78 is 6.01. The smallest absolute Gasteiger partial charge is 0.226 e. The van der Waals surface area contributed by atoms with Crippen LogP contribution < -0.4 is 20.3 Å². The molecule has 2 N–H and O–H groups in total. The van der Waals surface area contributed by atoms with E-state index in [1.807, 2.05) is 12.1 Å². The summed E-state index contributed by atoms with van der Waals surface area (Å²) >= 11 is 0. The van der Waals surface area contributed by atoms with Crippen molar-refractivity contribution in [1.82, 2.24) is 5.32 Å². The van der Waals surface area contributed by atoms with Gasteiger partial charge in [-0.3, -0.25) is 4.79 Å². The molecular formula is C21H25N3O2. The van der Waals surface area contributed by atoms with E-state index >= 15 is 0 Å². The van der Waals surface area contributed by atoms with Crippen LogP contribution in [0.3, 0.4) is 0 Å². The highest BCUT2D eigenvalue weighted by Gasteiger charge is 2.30. The van der Waals surface area contributed by atoms with Gasteiger partial charge in [0.1, 0.15) is 5.75 Å². The molecule has 0 bridgehead atoms. The molecule has 0 radical (unpaired) electrons. The van der Waals surface area contributed by atoms with Crippen molar-refractivity contribution in [3.8, 4) is 5.75 Å². The van der Waals surface area contributed by atoms with Gasteiger partial charge < -0.3 is 20.3 Å². The van der Waals surface area contributed by atoms with E-state index in [0.717, 1.165) is 43.2 Å². The lowest BCUT2D eigenvalue weighted by Gasteiger charge is -2.36. The normalized spacial score (nSPS) is 19.2. The first-order chi connectivity index (χ1) is 12.7. The second kappa shape index (κ2) is 7.38. The van der Waals surface area contributed by atoms with Crippen molar-refractivity contribution in [3.63, 3.8) is 0 Å². The minimum absolute atomic E-state index is 0.0792. The Morgan fingerprint density at radius 1 is 1.23 bits per heavy atom. The zero-order chi connectivity index (χ0) is 17.9. The van der Waals surface area contributed by atoms with Crippen molar-refractivity contribution in [3.05, 3.63) is 53.6 Å². The van der Waals surface area contributed by atoms with Crippen LogP contribution in [0.5, 0.6) is 5.75 Å². The van der Waals surface area contributed by atoms with E-state index in [1.54, 1.807) is 0 Å². The zero-order valence-corrected chi connectivity index (χ0v) is 15.1. The maximum absolute atomic E-state index is 12.1. The second-order valence-corrected chi connectivity index (χ2v) is 7.07. The number of hydrogen-bond donors (Lipinski definition) is 2. The summed E-state index contributed by atoms with van der Waals surface area (Å²) in [5.41, 5.74) is 4.50. The molecule has 2 aliphatic rings. The first-order valence-corrected chi connectivity index (χ1v) is 9.29. The molecule has 2 aromatic carbocycles. The number of rotatable bonds is 4. The third-order valence-electron chi connectivity index (χ3n) is 5.07. The van der Waals surface area contributed by atoms with Crippen LogP contribution in [-0.2, 0) is 11.2 Å². The van der Waals surface area contributed by atoms with Crippen LogP contribution >= 0.6 is 0 Å². The number of nitrogens with one attached hydrogen (secondary N) is 2. The van der Waals surface area contributed by atoms with Gasteiger partial charge in [0, 0.05) is 38.5 Å². The number of carbonyl (C=O) groups is 1. The van der Waals surface area contributed by atoms with Gasteiger partial charge in [-0.1, -0.05) is 29.8 Å². The third kappa shape index (κ3) is 3.68. The molecule has 0 spiro atoms. The lowest BCUT2D eigenvalue weighted by atomic mass is 10.1. The van der Waals surface area contributed by atoms with Gasteiger partial charge in [0.05, 0.1) is 24.0 Å². The number of anilines is 2. The van der Waals surface area contributed by atoms with Crippen LogP contribution in [-0.4, -0.2) is 38.2 Å². The molecule has 0 aliphatic carbocycles. The molecule has 136 valence electrons. The third-order valence-corrected chi connectivity index (χ3v) is 5.07. The molecule has 26 heavy (non-hydrogen) atoms. The van der Waals surface area contributed by atoms with Gasteiger partial charge in [-0.15, -0.1) is 0 Å². The van der Waals surface area contributed by atoms with Crippen molar-refractivity contribution in [2.24, 2.45) is 0 Å². The Morgan fingerprint density at radius 2 is 2.15 bits per heavy atom. The lowest BCUT2D eigenvalue weighted by molar-refractivity contribution is -0.116. The van der Waals surface area contributed by atoms with Gasteiger partial charge in [0.2, 0.25) is 5.91 Å². The maximum atomic E-state index is 12.1. The molecule has 1 atom stereocenters. The van der Waals surface area contributed by atoms with E-state index < -0.39 is 0 Å². The Bertz CT molecular complexity index is 806. The summed E-state index contributed by atoms with van der Waals surface area (Å²) in [6.45, 7) is 5.42. The van der Waals surface area contributed by atoms with Gasteiger partial charge in [-0.2, -0.15) is 0 Å². The Balaban J connectivity index is 1.49. The van der Waals surface area contributed by atoms with Crippen LogP contribution in [0.2, 0.25) is 0 Å². The number of piperazine rings is 1. The van der Waals surface area contributed by atoms with Crippen LogP contribution in [0.1, 0.15) is 17.5 Å². The fourth-order valence-electron chi connectivity index (χ4n) is 3.77. The number of fused-ring (bicyclic) bond motifs is 3. The molecule has 0 unspecified atom stereocenters. The summed E-state index contributed by atoms with van der Waals surface area (Å²) in [7, 11) is 0. The van der Waals surface area contributed by atoms with Crippen LogP contribution in [0.25, 0.3) is 0 Å². The van der Waals surface area contributed by atoms with E-state index in [4.69, 9.17) is 4.74 Å². The number of aryl methyl sites for hydroxylation is 1. The molecule has 5 nitrogen and oxygen atoms in total. The molecule has 0 aromatic heterocycles. The summed E-state index contributed by atoms with van der Waals surface area (Å²) in [5, 5.41) is 6.41. The first-order valence-electron chi connectivity index (χ1n) is 9.29. The van der Waals surface area contributed by atoms with E-state index in [2.05, 4.69) is 52.8 Å². The highest BCUT2D eigenvalue weighted by molar-refractivity contribution is 5.97. The second-order valence-electron chi connectivity index (χ2n) is 7.07. The van der Waals surface area contributed by atoms with Crippen molar-refractivity contribution in [1.29, 1.82) is 0 Å². The van der Waals surface area contributed by atoms with Gasteiger partial charge in [0.25, 0.3) is 0 Å². The van der Waals surface area contributed by atoms with E-state index in [0.29, 0.717) is 13.0 Å². The van der Waals surface area contributed by atoms with Crippen molar-refractivity contribution in [2.45, 2.75) is 25.8 Å². The number of benzene rings is 2. The number of carbonyl (C=O) groups excluding carboxylic acids is 1. The van der Waals surface area contributed by atoms with Crippen molar-refractivity contribution < 1.29 is 9.53 Å². The molecule has 1 saturated heterocycles. The molecule has 0 saturated carbocycles. The van der Waals surface area contributed by atoms with Crippen molar-refractivity contribution in [2.75, 3.05) is 36.5 Å². The average molecular weight is 351 g/mol. The fourth-order valence-corrected chi connectivity index (χ4v) is 3.77. The number of ether oxygens (including phenoxy) is 1. The highest BCUT2D eigenvalue weighted by atomic mass is 16.5. The Labute approximate surface area is 154 Å². The van der Waals surface area contributed by atoms with Gasteiger partial charge in [0.15, 0.2) is 0 Å². The molecule has 5 heteroatoms.